The number of hydrogen-bond acceptors (Lipinski definition) is 4. The van der Waals surface area contributed by atoms with Crippen LogP contribution in [0.15, 0.2) is 12.2 Å². The molecule has 1 aliphatic heterocycles. The van der Waals surface area contributed by atoms with Crippen LogP contribution in [0.4, 0.5) is 0 Å². The summed E-state index contributed by atoms with van der Waals surface area (Å²) in [4.78, 5) is 24.2. The van der Waals surface area contributed by atoms with E-state index in [9.17, 15) is 9.59 Å². The van der Waals surface area contributed by atoms with Crippen LogP contribution in [0.3, 0.4) is 0 Å². The lowest BCUT2D eigenvalue weighted by atomic mass is 10.1. The number of carbonyl (C=O) groups excluding carboxylic acids is 1. The molecule has 1 aliphatic rings. The molecule has 24 heavy (non-hydrogen) atoms. The molecule has 1 amide bonds. The van der Waals surface area contributed by atoms with E-state index in [1.54, 1.807) is 0 Å². The molecule has 1 rings (SSSR count). The van der Waals surface area contributed by atoms with Crippen LogP contribution in [-0.4, -0.2) is 59.4 Å². The van der Waals surface area contributed by atoms with Gasteiger partial charge in [0.05, 0.1) is 6.04 Å². The number of aliphatic hydroxyl groups excluding tert-OH is 1. The van der Waals surface area contributed by atoms with Crippen LogP contribution < -0.4 is 0 Å². The Labute approximate surface area is 144 Å². The molecule has 0 aromatic carbocycles. The Morgan fingerprint density at radius 1 is 1.21 bits per heavy atom. The fraction of sp³-hybridized carbons (Fsp3) is 0.778. The number of amides is 1. The number of carbonyl (C=O) groups is 2. The molecule has 0 bridgehead atoms. The number of ether oxygens (including phenoxy) is 1. The average molecular weight is 341 g/mol. The predicted octanol–water partition coefficient (Wildman–Crippen LogP) is 2.36. The van der Waals surface area contributed by atoms with E-state index in [0.717, 1.165) is 51.4 Å². The Morgan fingerprint density at radius 2 is 2.00 bits per heavy atom. The summed E-state index contributed by atoms with van der Waals surface area (Å²) in [5.74, 6) is -0.745. The number of nitrogens with zero attached hydrogens (tertiary/aromatic N) is 1. The minimum Gasteiger partial charge on any atom is -0.480 e. The molecule has 1 heterocycles. The van der Waals surface area contributed by atoms with Gasteiger partial charge in [-0.25, -0.2) is 4.79 Å². The fourth-order valence-electron chi connectivity index (χ4n) is 2.87. The van der Waals surface area contributed by atoms with Crippen LogP contribution in [0.2, 0.25) is 0 Å². The van der Waals surface area contributed by atoms with E-state index in [2.05, 4.69) is 12.2 Å². The fourth-order valence-corrected chi connectivity index (χ4v) is 2.87. The zero-order chi connectivity index (χ0) is 17.6. The minimum absolute atomic E-state index is 0.204. The lowest BCUT2D eigenvalue weighted by Gasteiger charge is -2.22. The van der Waals surface area contributed by atoms with Crippen molar-refractivity contribution in [1.82, 2.24) is 4.90 Å². The van der Waals surface area contributed by atoms with Crippen LogP contribution >= 0.6 is 0 Å². The third-order valence-electron chi connectivity index (χ3n) is 4.18. The van der Waals surface area contributed by atoms with Gasteiger partial charge in [-0.05, 0) is 38.5 Å². The Kier molecular flexibility index (Phi) is 11.1. The topological polar surface area (TPSA) is 87.1 Å². The number of allylic oxidation sites excluding steroid dienone is 1. The Bertz CT molecular complexity index is 397. The van der Waals surface area contributed by atoms with Gasteiger partial charge in [0.15, 0.2) is 0 Å². The highest BCUT2D eigenvalue weighted by atomic mass is 16.5. The zero-order valence-electron chi connectivity index (χ0n) is 14.5. The summed E-state index contributed by atoms with van der Waals surface area (Å²) >= 11 is 0. The number of likely N-dealkylation sites (tertiary alicyclic amines) is 1. The first kappa shape index (κ1) is 20.6. The van der Waals surface area contributed by atoms with E-state index in [-0.39, 0.29) is 25.2 Å². The summed E-state index contributed by atoms with van der Waals surface area (Å²) in [6.07, 6.45) is 12.6. The first-order valence-corrected chi connectivity index (χ1v) is 9.01. The maximum absolute atomic E-state index is 12.0. The second-order valence-corrected chi connectivity index (χ2v) is 6.20. The SMILES string of the molecule is O=C(O)COCCCCN1C(=O)CC[C@@H]1/C=C/CCCCCCO. The molecule has 0 aliphatic carbocycles. The van der Waals surface area contributed by atoms with Crippen molar-refractivity contribution in [2.45, 2.75) is 63.8 Å². The second kappa shape index (κ2) is 13.0. The van der Waals surface area contributed by atoms with Crippen molar-refractivity contribution in [2.24, 2.45) is 0 Å². The van der Waals surface area contributed by atoms with Gasteiger partial charge in [0, 0.05) is 26.2 Å². The summed E-state index contributed by atoms with van der Waals surface area (Å²) in [5, 5.41) is 17.2. The van der Waals surface area contributed by atoms with E-state index in [1.807, 2.05) is 4.90 Å². The molecule has 138 valence electrons. The normalized spacial score (nSPS) is 18.0. The van der Waals surface area contributed by atoms with Gasteiger partial charge in [0.25, 0.3) is 0 Å². The van der Waals surface area contributed by atoms with E-state index >= 15 is 0 Å². The number of aliphatic carboxylic acids is 1. The zero-order valence-corrected chi connectivity index (χ0v) is 14.5. The van der Waals surface area contributed by atoms with Gasteiger partial charge in [-0.15, -0.1) is 0 Å². The molecule has 0 radical (unpaired) electrons. The number of rotatable bonds is 14. The molecule has 0 aromatic rings. The van der Waals surface area contributed by atoms with Gasteiger partial charge >= 0.3 is 5.97 Å². The molecule has 1 atom stereocenters. The molecular formula is C18H31NO5. The Hall–Kier alpha value is -1.40. The van der Waals surface area contributed by atoms with Crippen molar-refractivity contribution in [1.29, 1.82) is 0 Å². The van der Waals surface area contributed by atoms with Crippen LogP contribution in [-0.2, 0) is 14.3 Å². The summed E-state index contributed by atoms with van der Waals surface area (Å²) < 4.78 is 5.00. The van der Waals surface area contributed by atoms with Crippen molar-refractivity contribution in [3.8, 4) is 0 Å². The standard InChI is InChI=1S/C18H31NO5/c20-13-7-4-2-1-3-5-9-16-10-11-17(21)19(16)12-6-8-14-24-15-18(22)23/h5,9,16,20H,1-4,6-8,10-15H2,(H,22,23)/b9-5+/t16-/m0/s1. The lowest BCUT2D eigenvalue weighted by Crippen LogP contribution is -2.32. The smallest absolute Gasteiger partial charge is 0.329 e. The van der Waals surface area contributed by atoms with Gasteiger partial charge in [0.1, 0.15) is 6.61 Å². The highest BCUT2D eigenvalue weighted by Crippen LogP contribution is 2.20. The van der Waals surface area contributed by atoms with Gasteiger partial charge in [0.2, 0.25) is 5.91 Å². The molecule has 6 heteroatoms. The van der Waals surface area contributed by atoms with Crippen molar-refractivity contribution in [2.75, 3.05) is 26.4 Å². The number of carboxylic acids is 1. The van der Waals surface area contributed by atoms with Crippen LogP contribution in [0.1, 0.15) is 57.8 Å². The third-order valence-corrected chi connectivity index (χ3v) is 4.18. The van der Waals surface area contributed by atoms with E-state index in [1.165, 1.54) is 0 Å². The first-order chi connectivity index (χ1) is 11.6. The molecule has 0 unspecified atom stereocenters. The number of aliphatic hydroxyl groups is 1. The largest absolute Gasteiger partial charge is 0.480 e. The molecule has 2 N–H and O–H groups in total. The van der Waals surface area contributed by atoms with Crippen molar-refractivity contribution < 1.29 is 24.5 Å². The maximum atomic E-state index is 12.0. The molecule has 0 aromatic heterocycles. The Balaban J connectivity index is 2.17. The van der Waals surface area contributed by atoms with Gasteiger partial charge in [-0.3, -0.25) is 4.79 Å². The van der Waals surface area contributed by atoms with Gasteiger partial charge < -0.3 is 19.8 Å². The Morgan fingerprint density at radius 3 is 2.75 bits per heavy atom. The van der Waals surface area contributed by atoms with E-state index in [0.29, 0.717) is 19.6 Å². The summed E-state index contributed by atoms with van der Waals surface area (Å²) in [5.41, 5.74) is 0. The van der Waals surface area contributed by atoms with Crippen molar-refractivity contribution in [3.05, 3.63) is 12.2 Å². The van der Waals surface area contributed by atoms with Crippen molar-refractivity contribution in [3.63, 3.8) is 0 Å². The molecule has 1 fully saturated rings. The quantitative estimate of drug-likeness (QED) is 0.374. The van der Waals surface area contributed by atoms with Crippen LogP contribution in [0.5, 0.6) is 0 Å². The van der Waals surface area contributed by atoms with Gasteiger partial charge in [-0.2, -0.15) is 0 Å². The molecular weight excluding hydrogens is 310 g/mol. The van der Waals surface area contributed by atoms with E-state index in [4.69, 9.17) is 14.9 Å². The van der Waals surface area contributed by atoms with Crippen LogP contribution in [0, 0.1) is 0 Å². The summed E-state index contributed by atoms with van der Waals surface area (Å²) in [6.45, 7) is 1.14. The first-order valence-electron chi connectivity index (χ1n) is 9.01. The second-order valence-electron chi connectivity index (χ2n) is 6.20. The maximum Gasteiger partial charge on any atom is 0.329 e. The predicted molar refractivity (Wildman–Crippen MR) is 91.7 cm³/mol. The van der Waals surface area contributed by atoms with E-state index < -0.39 is 5.97 Å². The van der Waals surface area contributed by atoms with Gasteiger partial charge in [-0.1, -0.05) is 25.0 Å². The van der Waals surface area contributed by atoms with Crippen molar-refractivity contribution >= 4 is 11.9 Å². The molecule has 6 nitrogen and oxygen atoms in total. The highest BCUT2D eigenvalue weighted by Gasteiger charge is 2.28. The lowest BCUT2D eigenvalue weighted by molar-refractivity contribution is -0.142. The third kappa shape index (κ3) is 9.03. The number of hydrogen-bond donors (Lipinski definition) is 2. The monoisotopic (exact) mass is 341 g/mol. The highest BCUT2D eigenvalue weighted by molar-refractivity contribution is 5.79. The minimum atomic E-state index is -0.953. The summed E-state index contributed by atoms with van der Waals surface area (Å²) in [7, 11) is 0. The molecule has 0 saturated carbocycles. The number of unbranched alkanes of at least 4 members (excludes halogenated alkanes) is 5. The summed E-state index contributed by atoms with van der Waals surface area (Å²) in [6, 6.07) is 0.204. The van der Waals surface area contributed by atoms with Crippen LogP contribution in [0.25, 0.3) is 0 Å². The molecule has 1 saturated heterocycles. The average Bonchev–Trinajstić information content (AvgIpc) is 2.90. The molecule has 0 spiro atoms. The number of carboxylic acid groups (broad SMARTS) is 1.